The van der Waals surface area contributed by atoms with E-state index in [1.807, 2.05) is 0 Å². The van der Waals surface area contributed by atoms with Crippen LogP contribution in [-0.4, -0.2) is 37.3 Å². The van der Waals surface area contributed by atoms with Gasteiger partial charge < -0.3 is 5.73 Å². The number of rotatable bonds is 5. The van der Waals surface area contributed by atoms with Crippen molar-refractivity contribution < 1.29 is 16.8 Å². The molecule has 0 unspecified atom stereocenters. The summed E-state index contributed by atoms with van der Waals surface area (Å²) < 4.78 is 52.9. The van der Waals surface area contributed by atoms with Crippen molar-refractivity contribution in [2.24, 2.45) is 0 Å². The van der Waals surface area contributed by atoms with Crippen molar-refractivity contribution in [3.63, 3.8) is 0 Å². The average molecular weight is 458 g/mol. The SMILES string of the molecule is Cc1ncc(-c2cc(N)c3cnn(S(=O)(=O)c4ccccc4)c3c2)cc1NS(C)(=O)=O. The molecule has 11 heteroatoms. The lowest BCUT2D eigenvalue weighted by molar-refractivity contribution is 0.582. The summed E-state index contributed by atoms with van der Waals surface area (Å²) in [5, 5.41) is 4.54. The summed E-state index contributed by atoms with van der Waals surface area (Å²) in [5.74, 6) is 0. The zero-order valence-electron chi connectivity index (χ0n) is 16.6. The summed E-state index contributed by atoms with van der Waals surface area (Å²) in [6.45, 7) is 1.68. The van der Waals surface area contributed by atoms with E-state index in [0.717, 1.165) is 10.3 Å². The first-order chi connectivity index (χ1) is 14.6. The highest BCUT2D eigenvalue weighted by molar-refractivity contribution is 7.92. The van der Waals surface area contributed by atoms with E-state index >= 15 is 0 Å². The van der Waals surface area contributed by atoms with Crippen molar-refractivity contribution in [3.05, 3.63) is 66.6 Å². The van der Waals surface area contributed by atoms with Gasteiger partial charge in [0.2, 0.25) is 10.0 Å². The molecule has 0 saturated carbocycles. The molecule has 0 aliphatic carbocycles. The summed E-state index contributed by atoms with van der Waals surface area (Å²) in [5.41, 5.74) is 8.77. The largest absolute Gasteiger partial charge is 0.398 e. The fourth-order valence-electron chi connectivity index (χ4n) is 3.18. The second kappa shape index (κ2) is 7.36. The topological polar surface area (TPSA) is 137 Å². The first kappa shape index (κ1) is 20.8. The lowest BCUT2D eigenvalue weighted by Gasteiger charge is -2.11. The highest BCUT2D eigenvalue weighted by Crippen LogP contribution is 2.32. The molecule has 31 heavy (non-hydrogen) atoms. The number of nitrogens with zero attached hydrogens (tertiary/aromatic N) is 3. The summed E-state index contributed by atoms with van der Waals surface area (Å²) in [7, 11) is -7.43. The molecule has 160 valence electrons. The van der Waals surface area contributed by atoms with Crippen LogP contribution >= 0.6 is 0 Å². The zero-order chi connectivity index (χ0) is 22.4. The summed E-state index contributed by atoms with van der Waals surface area (Å²) >= 11 is 0. The standard InChI is InChI=1S/C20H19N5O4S2/c1-13-19(24-30(2,26)27)9-15(11-22-13)14-8-18(21)17-12-23-25(20(17)10-14)31(28,29)16-6-4-3-5-7-16/h3-12,24H,21H2,1-2H3. The Morgan fingerprint density at radius 1 is 0.968 bits per heavy atom. The molecule has 0 atom stereocenters. The molecule has 4 aromatic rings. The predicted octanol–water partition coefficient (Wildman–Crippen LogP) is 2.60. The Morgan fingerprint density at radius 3 is 2.35 bits per heavy atom. The number of benzene rings is 2. The molecule has 2 aromatic heterocycles. The van der Waals surface area contributed by atoms with Crippen LogP contribution < -0.4 is 10.5 Å². The van der Waals surface area contributed by atoms with Gasteiger partial charge in [-0.05, 0) is 42.8 Å². The number of fused-ring (bicyclic) bond motifs is 1. The van der Waals surface area contributed by atoms with Crippen molar-refractivity contribution in [2.45, 2.75) is 11.8 Å². The third kappa shape index (κ3) is 3.97. The molecule has 0 saturated heterocycles. The number of sulfonamides is 1. The highest BCUT2D eigenvalue weighted by atomic mass is 32.2. The van der Waals surface area contributed by atoms with Crippen LogP contribution in [-0.2, 0) is 20.0 Å². The molecule has 0 radical (unpaired) electrons. The van der Waals surface area contributed by atoms with Crippen LogP contribution in [0.5, 0.6) is 0 Å². The van der Waals surface area contributed by atoms with Crippen LogP contribution in [0, 0.1) is 6.92 Å². The van der Waals surface area contributed by atoms with Gasteiger partial charge in [-0.1, -0.05) is 18.2 Å². The van der Waals surface area contributed by atoms with E-state index in [2.05, 4.69) is 14.8 Å². The van der Waals surface area contributed by atoms with Crippen LogP contribution in [0.2, 0.25) is 0 Å². The number of nitrogen functional groups attached to an aromatic ring is 1. The van der Waals surface area contributed by atoms with Crippen molar-refractivity contribution in [3.8, 4) is 11.1 Å². The van der Waals surface area contributed by atoms with Gasteiger partial charge in [0.15, 0.2) is 0 Å². The van der Waals surface area contributed by atoms with E-state index in [1.54, 1.807) is 49.5 Å². The van der Waals surface area contributed by atoms with Gasteiger partial charge in [0.05, 0.1) is 34.2 Å². The first-order valence-electron chi connectivity index (χ1n) is 9.09. The molecule has 2 heterocycles. The zero-order valence-corrected chi connectivity index (χ0v) is 18.3. The van der Waals surface area contributed by atoms with Crippen LogP contribution in [0.1, 0.15) is 5.69 Å². The molecule has 0 spiro atoms. The smallest absolute Gasteiger partial charge is 0.283 e. The summed E-state index contributed by atoms with van der Waals surface area (Å²) in [6.07, 6.45) is 4.02. The van der Waals surface area contributed by atoms with Gasteiger partial charge in [-0.25, -0.2) is 8.42 Å². The number of nitrogens with two attached hydrogens (primary N) is 1. The Kier molecular flexibility index (Phi) is 4.94. The first-order valence-corrected chi connectivity index (χ1v) is 12.4. The van der Waals surface area contributed by atoms with E-state index in [9.17, 15) is 16.8 Å². The van der Waals surface area contributed by atoms with E-state index in [4.69, 9.17) is 5.73 Å². The van der Waals surface area contributed by atoms with Gasteiger partial charge in [0, 0.05) is 22.8 Å². The van der Waals surface area contributed by atoms with Crippen molar-refractivity contribution >= 4 is 42.3 Å². The van der Waals surface area contributed by atoms with E-state index in [-0.39, 0.29) is 4.90 Å². The summed E-state index contributed by atoms with van der Waals surface area (Å²) in [6, 6.07) is 12.9. The fraction of sp³-hybridized carbons (Fsp3) is 0.100. The Hall–Kier alpha value is -3.44. The minimum absolute atomic E-state index is 0.0978. The second-order valence-electron chi connectivity index (χ2n) is 7.04. The molecular formula is C20H19N5O4S2. The maximum absolute atomic E-state index is 13.1. The van der Waals surface area contributed by atoms with E-state index < -0.39 is 20.0 Å². The van der Waals surface area contributed by atoms with Crippen molar-refractivity contribution in [1.82, 2.24) is 14.2 Å². The van der Waals surface area contributed by atoms with E-state index in [0.29, 0.717) is 39.1 Å². The number of nitrogens with one attached hydrogen (secondary N) is 1. The van der Waals surface area contributed by atoms with E-state index in [1.165, 1.54) is 18.3 Å². The molecular weight excluding hydrogens is 438 g/mol. The molecule has 0 amide bonds. The minimum Gasteiger partial charge on any atom is -0.398 e. The van der Waals surface area contributed by atoms with Gasteiger partial charge >= 0.3 is 0 Å². The molecule has 0 bridgehead atoms. The molecule has 0 aliphatic rings. The molecule has 2 aromatic carbocycles. The Bertz CT molecular complexity index is 1510. The Balaban J connectivity index is 1.89. The molecule has 0 fully saturated rings. The average Bonchev–Trinajstić information content (AvgIpc) is 3.15. The summed E-state index contributed by atoms with van der Waals surface area (Å²) in [4.78, 5) is 4.35. The quantitative estimate of drug-likeness (QED) is 0.439. The third-order valence-corrected chi connectivity index (χ3v) is 6.88. The second-order valence-corrected chi connectivity index (χ2v) is 10.6. The predicted molar refractivity (Wildman–Crippen MR) is 120 cm³/mol. The van der Waals surface area contributed by atoms with Gasteiger partial charge in [0.1, 0.15) is 0 Å². The number of hydrogen-bond acceptors (Lipinski definition) is 7. The monoisotopic (exact) mass is 457 g/mol. The van der Waals surface area contributed by atoms with Crippen LogP contribution in [0.25, 0.3) is 22.0 Å². The van der Waals surface area contributed by atoms with Crippen LogP contribution in [0.3, 0.4) is 0 Å². The van der Waals surface area contributed by atoms with Crippen molar-refractivity contribution in [2.75, 3.05) is 16.7 Å². The third-order valence-electron chi connectivity index (χ3n) is 4.67. The number of aryl methyl sites for hydroxylation is 1. The van der Waals surface area contributed by atoms with Gasteiger partial charge in [-0.2, -0.15) is 17.6 Å². The molecule has 0 aliphatic heterocycles. The normalized spacial score (nSPS) is 12.2. The number of anilines is 2. The Morgan fingerprint density at radius 2 is 1.68 bits per heavy atom. The maximum Gasteiger partial charge on any atom is 0.283 e. The van der Waals surface area contributed by atoms with Gasteiger partial charge in [0.25, 0.3) is 10.0 Å². The number of aromatic nitrogens is 3. The van der Waals surface area contributed by atoms with Crippen LogP contribution in [0.15, 0.2) is 65.8 Å². The molecule has 9 nitrogen and oxygen atoms in total. The van der Waals surface area contributed by atoms with Crippen LogP contribution in [0.4, 0.5) is 11.4 Å². The molecule has 3 N–H and O–H groups in total. The maximum atomic E-state index is 13.1. The van der Waals surface area contributed by atoms with Gasteiger partial charge in [-0.3, -0.25) is 9.71 Å². The lowest BCUT2D eigenvalue weighted by Crippen LogP contribution is -2.14. The molecule has 4 rings (SSSR count). The minimum atomic E-state index is -3.93. The highest BCUT2D eigenvalue weighted by Gasteiger charge is 2.21. The van der Waals surface area contributed by atoms with Crippen molar-refractivity contribution in [1.29, 1.82) is 0 Å². The van der Waals surface area contributed by atoms with Gasteiger partial charge in [-0.15, -0.1) is 0 Å². The number of pyridine rings is 1. The lowest BCUT2D eigenvalue weighted by atomic mass is 10.0. The Labute approximate surface area is 179 Å². The number of hydrogen-bond donors (Lipinski definition) is 2. The fourth-order valence-corrected chi connectivity index (χ4v) is 5.06.